The van der Waals surface area contributed by atoms with Crippen LogP contribution in [-0.4, -0.2) is 11.3 Å². The SMILES string of the molecule is CC1C=NC=C(c2ccccc2)c2cc(O)ccc21. The van der Waals surface area contributed by atoms with Gasteiger partial charge in [-0.15, -0.1) is 0 Å². The molecule has 2 nitrogen and oxygen atoms in total. The van der Waals surface area contributed by atoms with E-state index in [1.165, 1.54) is 5.56 Å². The molecule has 1 atom stereocenters. The Balaban J connectivity index is 2.22. The highest BCUT2D eigenvalue weighted by Crippen LogP contribution is 2.34. The molecule has 94 valence electrons. The van der Waals surface area contributed by atoms with E-state index < -0.39 is 0 Å². The van der Waals surface area contributed by atoms with Crippen molar-refractivity contribution in [1.29, 1.82) is 0 Å². The fraction of sp³-hybridized carbons (Fsp3) is 0.118. The van der Waals surface area contributed by atoms with Crippen LogP contribution >= 0.6 is 0 Å². The molecule has 0 aliphatic carbocycles. The summed E-state index contributed by atoms with van der Waals surface area (Å²) in [6, 6.07) is 15.7. The highest BCUT2D eigenvalue weighted by molar-refractivity contribution is 5.87. The standard InChI is InChI=1S/C17H15NO/c1-12-10-18-11-17(13-5-3-2-4-6-13)16-9-14(19)7-8-15(12)16/h2-12,19H,1H3. The van der Waals surface area contributed by atoms with E-state index in [4.69, 9.17) is 0 Å². The Kier molecular flexibility index (Phi) is 2.92. The summed E-state index contributed by atoms with van der Waals surface area (Å²) in [5.74, 6) is 0.530. The maximum atomic E-state index is 9.76. The summed E-state index contributed by atoms with van der Waals surface area (Å²) in [7, 11) is 0. The molecule has 0 fully saturated rings. The number of hydrogen-bond donors (Lipinski definition) is 1. The van der Waals surface area contributed by atoms with Gasteiger partial charge in [0.1, 0.15) is 5.75 Å². The van der Waals surface area contributed by atoms with Gasteiger partial charge in [0.2, 0.25) is 0 Å². The molecule has 1 unspecified atom stereocenters. The van der Waals surface area contributed by atoms with E-state index in [0.29, 0.717) is 0 Å². The van der Waals surface area contributed by atoms with Gasteiger partial charge in [0.15, 0.2) is 0 Å². The summed E-state index contributed by atoms with van der Waals surface area (Å²) in [4.78, 5) is 4.39. The highest BCUT2D eigenvalue weighted by atomic mass is 16.3. The van der Waals surface area contributed by atoms with Gasteiger partial charge in [-0.05, 0) is 28.8 Å². The molecule has 2 aromatic carbocycles. The molecule has 0 saturated heterocycles. The largest absolute Gasteiger partial charge is 0.508 e. The molecule has 0 bridgehead atoms. The molecule has 2 heteroatoms. The molecule has 1 aliphatic rings. The van der Waals surface area contributed by atoms with Gasteiger partial charge in [0, 0.05) is 23.9 Å². The molecular formula is C17H15NO. The summed E-state index contributed by atoms with van der Waals surface area (Å²) in [6.07, 6.45) is 3.81. The lowest BCUT2D eigenvalue weighted by Crippen LogP contribution is -1.98. The van der Waals surface area contributed by atoms with Crippen molar-refractivity contribution in [1.82, 2.24) is 0 Å². The van der Waals surface area contributed by atoms with Gasteiger partial charge < -0.3 is 5.11 Å². The van der Waals surface area contributed by atoms with Crippen LogP contribution in [-0.2, 0) is 0 Å². The lowest BCUT2D eigenvalue weighted by Gasteiger charge is -2.14. The Bertz CT molecular complexity index is 656. The number of hydrogen-bond acceptors (Lipinski definition) is 2. The minimum Gasteiger partial charge on any atom is -0.508 e. The predicted octanol–water partition coefficient (Wildman–Crippen LogP) is 3.97. The van der Waals surface area contributed by atoms with Gasteiger partial charge in [-0.3, -0.25) is 4.99 Å². The number of nitrogens with zero attached hydrogens (tertiary/aromatic N) is 1. The molecule has 1 N–H and O–H groups in total. The van der Waals surface area contributed by atoms with Crippen molar-refractivity contribution < 1.29 is 5.11 Å². The lowest BCUT2D eigenvalue weighted by atomic mass is 9.90. The van der Waals surface area contributed by atoms with E-state index in [1.54, 1.807) is 6.07 Å². The maximum absolute atomic E-state index is 9.76. The van der Waals surface area contributed by atoms with Gasteiger partial charge in [-0.1, -0.05) is 43.3 Å². The first-order chi connectivity index (χ1) is 9.25. The van der Waals surface area contributed by atoms with Crippen molar-refractivity contribution in [2.45, 2.75) is 12.8 Å². The van der Waals surface area contributed by atoms with E-state index in [1.807, 2.05) is 42.7 Å². The third-order valence-corrected chi connectivity index (χ3v) is 3.42. The Morgan fingerprint density at radius 3 is 2.63 bits per heavy atom. The second kappa shape index (κ2) is 4.73. The molecule has 0 aromatic heterocycles. The number of fused-ring (bicyclic) bond motifs is 1. The normalized spacial score (nSPS) is 17.5. The van der Waals surface area contributed by atoms with Crippen LogP contribution < -0.4 is 0 Å². The summed E-state index contributed by atoms with van der Waals surface area (Å²) < 4.78 is 0. The average Bonchev–Trinajstić information content (AvgIpc) is 2.59. The molecule has 3 rings (SSSR count). The Hall–Kier alpha value is -2.35. The molecular weight excluding hydrogens is 234 g/mol. The smallest absolute Gasteiger partial charge is 0.116 e. The van der Waals surface area contributed by atoms with E-state index in [0.717, 1.165) is 16.7 Å². The molecule has 1 aliphatic heterocycles. The Labute approximate surface area is 112 Å². The van der Waals surface area contributed by atoms with Crippen LogP contribution in [0.4, 0.5) is 0 Å². The summed E-state index contributed by atoms with van der Waals surface area (Å²) in [5.41, 5.74) is 4.40. The Morgan fingerprint density at radius 1 is 1.05 bits per heavy atom. The first-order valence-corrected chi connectivity index (χ1v) is 6.38. The van der Waals surface area contributed by atoms with Crippen LogP contribution in [0.1, 0.15) is 29.5 Å². The fourth-order valence-corrected chi connectivity index (χ4v) is 2.42. The lowest BCUT2D eigenvalue weighted by molar-refractivity contribution is 0.475. The highest BCUT2D eigenvalue weighted by Gasteiger charge is 2.16. The second-order valence-corrected chi connectivity index (χ2v) is 4.77. The number of aliphatic imine (C=N–C) groups is 1. The van der Waals surface area contributed by atoms with E-state index in [-0.39, 0.29) is 11.7 Å². The van der Waals surface area contributed by atoms with Crippen LogP contribution in [0.25, 0.3) is 5.57 Å². The van der Waals surface area contributed by atoms with Crippen molar-refractivity contribution in [3.05, 3.63) is 71.4 Å². The van der Waals surface area contributed by atoms with Gasteiger partial charge in [0.05, 0.1) is 0 Å². The third kappa shape index (κ3) is 2.17. The molecule has 1 heterocycles. The first-order valence-electron chi connectivity index (χ1n) is 6.38. The number of rotatable bonds is 1. The third-order valence-electron chi connectivity index (χ3n) is 3.42. The van der Waals surface area contributed by atoms with E-state index in [2.05, 4.69) is 24.0 Å². The summed E-state index contributed by atoms with van der Waals surface area (Å²) >= 11 is 0. The van der Waals surface area contributed by atoms with Gasteiger partial charge in [0.25, 0.3) is 0 Å². The van der Waals surface area contributed by atoms with E-state index in [9.17, 15) is 5.11 Å². The number of phenols is 1. The van der Waals surface area contributed by atoms with E-state index >= 15 is 0 Å². The summed E-state index contributed by atoms with van der Waals surface area (Å²) in [5, 5.41) is 9.76. The maximum Gasteiger partial charge on any atom is 0.116 e. The van der Waals surface area contributed by atoms with Gasteiger partial charge in [-0.2, -0.15) is 0 Å². The zero-order chi connectivity index (χ0) is 13.2. The fourth-order valence-electron chi connectivity index (χ4n) is 2.42. The quantitative estimate of drug-likeness (QED) is 0.815. The first kappa shape index (κ1) is 11.7. The second-order valence-electron chi connectivity index (χ2n) is 4.77. The molecule has 0 amide bonds. The van der Waals surface area contributed by atoms with Crippen LogP contribution in [0.2, 0.25) is 0 Å². The van der Waals surface area contributed by atoms with Crippen molar-refractivity contribution >= 4 is 11.8 Å². The van der Waals surface area contributed by atoms with Crippen LogP contribution in [0.3, 0.4) is 0 Å². The molecule has 0 saturated carbocycles. The molecule has 0 spiro atoms. The van der Waals surface area contributed by atoms with Crippen molar-refractivity contribution in [3.63, 3.8) is 0 Å². The number of phenolic OH excluding ortho intramolecular Hbond substituents is 1. The minimum absolute atomic E-state index is 0.244. The summed E-state index contributed by atoms with van der Waals surface area (Å²) in [6.45, 7) is 2.11. The topological polar surface area (TPSA) is 32.6 Å². The van der Waals surface area contributed by atoms with Crippen LogP contribution in [0.15, 0.2) is 59.7 Å². The van der Waals surface area contributed by atoms with Crippen molar-refractivity contribution in [3.8, 4) is 5.75 Å². The minimum atomic E-state index is 0.244. The van der Waals surface area contributed by atoms with Crippen LogP contribution in [0.5, 0.6) is 5.75 Å². The number of aromatic hydroxyl groups is 1. The molecule has 19 heavy (non-hydrogen) atoms. The average molecular weight is 249 g/mol. The van der Waals surface area contributed by atoms with Gasteiger partial charge >= 0.3 is 0 Å². The molecule has 0 radical (unpaired) electrons. The predicted molar refractivity (Wildman–Crippen MR) is 78.5 cm³/mol. The van der Waals surface area contributed by atoms with Crippen molar-refractivity contribution in [2.75, 3.05) is 0 Å². The van der Waals surface area contributed by atoms with Gasteiger partial charge in [-0.25, -0.2) is 0 Å². The Morgan fingerprint density at radius 2 is 1.84 bits per heavy atom. The van der Waals surface area contributed by atoms with Crippen LogP contribution in [0, 0.1) is 0 Å². The number of benzene rings is 2. The zero-order valence-electron chi connectivity index (χ0n) is 10.7. The zero-order valence-corrected chi connectivity index (χ0v) is 10.7. The molecule has 2 aromatic rings. The monoisotopic (exact) mass is 249 g/mol. The van der Waals surface area contributed by atoms with Crippen molar-refractivity contribution in [2.24, 2.45) is 4.99 Å².